The van der Waals surface area contributed by atoms with Gasteiger partial charge < -0.3 is 5.21 Å². The third-order valence-electron chi connectivity index (χ3n) is 1.89. The Hall–Kier alpha value is -1.57. The van der Waals surface area contributed by atoms with Crippen molar-refractivity contribution in [1.29, 1.82) is 0 Å². The van der Waals surface area contributed by atoms with Crippen molar-refractivity contribution in [2.24, 2.45) is 5.16 Å². The van der Waals surface area contributed by atoms with Gasteiger partial charge in [-0.1, -0.05) is 23.4 Å². The van der Waals surface area contributed by atoms with Gasteiger partial charge in [-0.05, 0) is 30.5 Å². The zero-order valence-corrected chi connectivity index (χ0v) is 7.62. The minimum absolute atomic E-state index is 0.775. The average molecular weight is 174 g/mol. The van der Waals surface area contributed by atoms with E-state index in [4.69, 9.17) is 5.21 Å². The number of allylic oxidation sites excluding steroid dienone is 1. The van der Waals surface area contributed by atoms with Crippen LogP contribution in [-0.2, 0) is 6.42 Å². The van der Waals surface area contributed by atoms with Crippen LogP contribution in [0.3, 0.4) is 0 Å². The molecule has 67 valence electrons. The van der Waals surface area contributed by atoms with Gasteiger partial charge in [0.25, 0.3) is 0 Å². The van der Waals surface area contributed by atoms with E-state index in [0.29, 0.717) is 0 Å². The van der Waals surface area contributed by atoms with E-state index >= 15 is 0 Å². The maximum atomic E-state index is 8.47. The third kappa shape index (κ3) is 2.18. The number of oxime groups is 1. The number of aryl methyl sites for hydroxylation is 1. The monoisotopic (exact) mass is 174 g/mol. The summed E-state index contributed by atoms with van der Waals surface area (Å²) in [6.07, 6.45) is 4.03. The van der Waals surface area contributed by atoms with Gasteiger partial charge >= 0.3 is 0 Å². The van der Waals surface area contributed by atoms with Crippen molar-refractivity contribution in [2.45, 2.75) is 13.3 Å². The van der Waals surface area contributed by atoms with Gasteiger partial charge in [0.05, 0.1) is 6.21 Å². The van der Waals surface area contributed by atoms with Crippen molar-refractivity contribution in [3.05, 3.63) is 47.5 Å². The van der Waals surface area contributed by atoms with Crippen molar-refractivity contribution in [2.75, 3.05) is 0 Å². The molecule has 0 saturated heterocycles. The Labute approximate surface area is 78.2 Å². The minimum Gasteiger partial charge on any atom is -0.411 e. The summed E-state index contributed by atoms with van der Waals surface area (Å²) in [6.45, 7) is 5.60. The van der Waals surface area contributed by atoms with E-state index in [1.807, 2.05) is 25.1 Å². The fraction of sp³-hybridized carbons (Fsp3) is 0.182. The Morgan fingerprint density at radius 2 is 2.46 bits per heavy atom. The molecule has 2 heteroatoms. The summed E-state index contributed by atoms with van der Waals surface area (Å²) in [7, 11) is 0. The summed E-state index contributed by atoms with van der Waals surface area (Å²) in [6, 6.07) is 6.86. The molecule has 2 nitrogen and oxygen atoms in total. The highest BCUT2D eigenvalue weighted by atomic mass is 16.4. The molecule has 0 fully saturated rings. The molecule has 0 spiro atoms. The molecule has 1 aromatic rings. The summed E-state index contributed by atoms with van der Waals surface area (Å²) in [4.78, 5) is 0. The van der Waals surface area contributed by atoms with Gasteiger partial charge in [0.1, 0.15) is 0 Å². The summed E-state index contributed by atoms with van der Waals surface area (Å²) < 4.78 is 0. The highest BCUT2D eigenvalue weighted by molar-refractivity contribution is 5.83. The summed E-state index contributed by atoms with van der Waals surface area (Å²) in [5.74, 6) is 0. The van der Waals surface area contributed by atoms with Crippen molar-refractivity contribution in [3.63, 3.8) is 0 Å². The second kappa shape index (κ2) is 4.45. The first-order valence-corrected chi connectivity index (χ1v) is 4.08. The third-order valence-corrected chi connectivity index (χ3v) is 1.89. The molecule has 1 N–H and O–H groups in total. The first-order valence-electron chi connectivity index (χ1n) is 4.08. The summed E-state index contributed by atoms with van der Waals surface area (Å²) in [5, 5.41) is 11.5. The van der Waals surface area contributed by atoms with Gasteiger partial charge in [-0.15, -0.1) is 6.58 Å². The molecule has 0 aromatic heterocycles. The van der Waals surface area contributed by atoms with Crippen molar-refractivity contribution in [3.8, 4) is 0 Å². The fourth-order valence-electron chi connectivity index (χ4n) is 1.25. The summed E-state index contributed by atoms with van der Waals surface area (Å²) >= 11 is 0. The summed E-state index contributed by atoms with van der Waals surface area (Å²) in [5.41, 5.74) is 3.01. The van der Waals surface area contributed by atoms with Crippen molar-refractivity contribution >= 4 is 6.21 Å². The second-order valence-electron chi connectivity index (χ2n) is 2.78. The average Bonchev–Trinajstić information content (AvgIpc) is 2.11. The molecule has 1 aromatic carbocycles. The molecular formula is C11H12NO. The predicted molar refractivity (Wildman–Crippen MR) is 53.3 cm³/mol. The Bertz CT molecular complexity index is 329. The number of hydrogen-bond acceptors (Lipinski definition) is 2. The zero-order chi connectivity index (χ0) is 9.68. The molecule has 0 aliphatic carbocycles. The lowest BCUT2D eigenvalue weighted by molar-refractivity contribution is 0.322. The van der Waals surface area contributed by atoms with Crippen LogP contribution in [0.15, 0.2) is 29.9 Å². The van der Waals surface area contributed by atoms with E-state index in [2.05, 4.69) is 17.8 Å². The zero-order valence-electron chi connectivity index (χ0n) is 7.62. The molecule has 0 aliphatic heterocycles. The van der Waals surface area contributed by atoms with Gasteiger partial charge in [0, 0.05) is 5.56 Å². The molecular weight excluding hydrogens is 162 g/mol. The number of benzene rings is 1. The molecule has 0 atom stereocenters. The Kier molecular flexibility index (Phi) is 3.26. The number of rotatable bonds is 3. The fourth-order valence-corrected chi connectivity index (χ4v) is 1.25. The second-order valence-corrected chi connectivity index (χ2v) is 2.78. The van der Waals surface area contributed by atoms with E-state index < -0.39 is 0 Å². The lowest BCUT2D eigenvalue weighted by Gasteiger charge is -2.04. The molecule has 0 heterocycles. The van der Waals surface area contributed by atoms with Gasteiger partial charge in [-0.3, -0.25) is 0 Å². The minimum atomic E-state index is 0.775. The topological polar surface area (TPSA) is 32.6 Å². The van der Waals surface area contributed by atoms with Crippen molar-refractivity contribution < 1.29 is 5.21 Å². The number of hydrogen-bond donors (Lipinski definition) is 1. The molecule has 1 rings (SSSR count). The molecule has 13 heavy (non-hydrogen) atoms. The molecule has 1 radical (unpaired) electrons. The molecule has 0 unspecified atom stereocenters. The first kappa shape index (κ1) is 9.52. The van der Waals surface area contributed by atoms with E-state index in [-0.39, 0.29) is 0 Å². The maximum Gasteiger partial charge on any atom is 0.0739 e. The van der Waals surface area contributed by atoms with Gasteiger partial charge in [-0.25, -0.2) is 0 Å². The Morgan fingerprint density at radius 3 is 3.08 bits per heavy atom. The van der Waals surface area contributed by atoms with Gasteiger partial charge in [-0.2, -0.15) is 0 Å². The molecule has 0 aliphatic rings. The van der Waals surface area contributed by atoms with E-state index in [1.54, 1.807) is 0 Å². The maximum absolute atomic E-state index is 8.47. The van der Waals surface area contributed by atoms with E-state index in [0.717, 1.165) is 23.1 Å². The molecule has 0 amide bonds. The normalized spacial score (nSPS) is 10.5. The van der Waals surface area contributed by atoms with Crippen LogP contribution in [0.5, 0.6) is 0 Å². The lowest BCUT2D eigenvalue weighted by atomic mass is 10.0. The van der Waals surface area contributed by atoms with Crippen LogP contribution in [0.4, 0.5) is 0 Å². The smallest absolute Gasteiger partial charge is 0.0739 e. The highest BCUT2D eigenvalue weighted by Crippen LogP contribution is 2.12. The van der Waals surface area contributed by atoms with Crippen LogP contribution in [0.25, 0.3) is 0 Å². The van der Waals surface area contributed by atoms with Crippen LogP contribution in [0.1, 0.15) is 16.7 Å². The first-order chi connectivity index (χ1) is 6.29. The molecule has 0 saturated carbocycles. The quantitative estimate of drug-likeness (QED) is 0.324. The predicted octanol–water partition coefficient (Wildman–Crippen LogP) is 2.33. The van der Waals surface area contributed by atoms with Crippen LogP contribution in [-0.4, -0.2) is 11.4 Å². The van der Waals surface area contributed by atoms with Crippen molar-refractivity contribution in [1.82, 2.24) is 0 Å². The van der Waals surface area contributed by atoms with E-state index in [1.165, 1.54) is 6.21 Å². The lowest BCUT2D eigenvalue weighted by Crippen LogP contribution is -1.95. The highest BCUT2D eigenvalue weighted by Gasteiger charge is 2.01. The van der Waals surface area contributed by atoms with Crippen LogP contribution in [0, 0.1) is 13.0 Å². The standard InChI is InChI=1S/C11H12NO/c1-3-5-10-7-4-6-9(2)11(10)8-12-13/h3-4,7-8,13H,1,5H2,2H3/b12-8-. The molecule has 0 bridgehead atoms. The van der Waals surface area contributed by atoms with Gasteiger partial charge in [0.2, 0.25) is 0 Å². The Balaban J connectivity index is 3.16. The SMILES string of the molecule is C=CCc1cc[c]c(C)c1/C=N\O. The largest absolute Gasteiger partial charge is 0.411 e. The van der Waals surface area contributed by atoms with E-state index in [9.17, 15) is 0 Å². The van der Waals surface area contributed by atoms with Crippen LogP contribution < -0.4 is 0 Å². The van der Waals surface area contributed by atoms with Gasteiger partial charge in [0.15, 0.2) is 0 Å². The van der Waals surface area contributed by atoms with Crippen LogP contribution >= 0.6 is 0 Å². The van der Waals surface area contributed by atoms with Crippen LogP contribution in [0.2, 0.25) is 0 Å². The Morgan fingerprint density at radius 1 is 1.69 bits per heavy atom. The number of nitrogens with zero attached hydrogens (tertiary/aromatic N) is 1.